The smallest absolute Gasteiger partial charge is 0.230 e. The van der Waals surface area contributed by atoms with Crippen molar-refractivity contribution in [2.24, 2.45) is 0 Å². The molecule has 0 aromatic heterocycles. The van der Waals surface area contributed by atoms with E-state index in [4.69, 9.17) is 4.74 Å². The van der Waals surface area contributed by atoms with Crippen LogP contribution >= 0.6 is 11.8 Å². The van der Waals surface area contributed by atoms with Gasteiger partial charge in [-0.05, 0) is 36.2 Å². The van der Waals surface area contributed by atoms with E-state index < -0.39 is 0 Å². The first-order valence-corrected chi connectivity index (χ1v) is 8.32. The Hall–Kier alpha value is -1.94. The van der Waals surface area contributed by atoms with E-state index >= 15 is 0 Å². The quantitative estimate of drug-likeness (QED) is 0.783. The Kier molecular flexibility index (Phi) is 6.34. The summed E-state index contributed by atoms with van der Waals surface area (Å²) in [7, 11) is 1.64. The van der Waals surface area contributed by atoms with Crippen molar-refractivity contribution < 1.29 is 9.53 Å². The first-order chi connectivity index (χ1) is 10.7. The molecule has 0 aliphatic heterocycles. The van der Waals surface area contributed by atoms with Crippen LogP contribution in [0.15, 0.2) is 59.5 Å². The van der Waals surface area contributed by atoms with Crippen molar-refractivity contribution >= 4 is 17.7 Å². The number of hydrogen-bond donors (Lipinski definition) is 1. The lowest BCUT2D eigenvalue weighted by Gasteiger charge is -2.17. The number of hydrogen-bond acceptors (Lipinski definition) is 3. The fourth-order valence-electron chi connectivity index (χ4n) is 2.16. The predicted molar refractivity (Wildman–Crippen MR) is 91.3 cm³/mol. The van der Waals surface area contributed by atoms with Crippen LogP contribution in [0.2, 0.25) is 0 Å². The maximum Gasteiger partial charge on any atom is 0.230 e. The summed E-state index contributed by atoms with van der Waals surface area (Å²) in [6.45, 7) is 2.08. The Morgan fingerprint density at radius 2 is 1.82 bits per heavy atom. The zero-order valence-corrected chi connectivity index (χ0v) is 13.7. The largest absolute Gasteiger partial charge is 0.497 e. The molecule has 22 heavy (non-hydrogen) atoms. The van der Waals surface area contributed by atoms with Crippen molar-refractivity contribution in [3.63, 3.8) is 0 Å². The monoisotopic (exact) mass is 315 g/mol. The van der Waals surface area contributed by atoms with Gasteiger partial charge < -0.3 is 10.1 Å². The molecule has 1 amide bonds. The molecule has 0 aliphatic rings. The molecular weight excluding hydrogens is 294 g/mol. The van der Waals surface area contributed by atoms with Crippen LogP contribution in [0.4, 0.5) is 0 Å². The molecule has 0 spiro atoms. The van der Waals surface area contributed by atoms with Gasteiger partial charge >= 0.3 is 0 Å². The van der Waals surface area contributed by atoms with E-state index in [1.807, 2.05) is 54.6 Å². The van der Waals surface area contributed by atoms with Gasteiger partial charge in [0.25, 0.3) is 0 Å². The van der Waals surface area contributed by atoms with Crippen molar-refractivity contribution in [1.82, 2.24) is 5.32 Å². The van der Waals surface area contributed by atoms with Gasteiger partial charge in [0, 0.05) is 4.90 Å². The number of carbonyl (C=O) groups is 1. The topological polar surface area (TPSA) is 38.3 Å². The number of amides is 1. The van der Waals surface area contributed by atoms with E-state index in [2.05, 4.69) is 12.2 Å². The molecule has 2 aromatic carbocycles. The molecular formula is C18H21NO2S. The van der Waals surface area contributed by atoms with Gasteiger partial charge in [0.05, 0.1) is 18.9 Å². The molecule has 0 saturated carbocycles. The molecule has 0 radical (unpaired) electrons. The van der Waals surface area contributed by atoms with Crippen molar-refractivity contribution in [3.8, 4) is 5.75 Å². The molecule has 0 fully saturated rings. The summed E-state index contributed by atoms with van der Waals surface area (Å²) in [5.74, 6) is 1.29. The highest BCUT2D eigenvalue weighted by Gasteiger charge is 2.12. The van der Waals surface area contributed by atoms with Crippen LogP contribution in [0.25, 0.3) is 0 Å². The summed E-state index contributed by atoms with van der Waals surface area (Å²) < 4.78 is 5.12. The van der Waals surface area contributed by atoms with Gasteiger partial charge in [0.1, 0.15) is 5.75 Å². The minimum Gasteiger partial charge on any atom is -0.497 e. The molecule has 2 rings (SSSR count). The first-order valence-electron chi connectivity index (χ1n) is 7.34. The molecule has 1 atom stereocenters. The van der Waals surface area contributed by atoms with E-state index in [-0.39, 0.29) is 11.9 Å². The molecule has 1 N–H and O–H groups in total. The summed E-state index contributed by atoms with van der Waals surface area (Å²) >= 11 is 1.53. The Bertz CT molecular complexity index is 584. The van der Waals surface area contributed by atoms with Gasteiger partial charge in [-0.25, -0.2) is 0 Å². The molecule has 0 bridgehead atoms. The Labute approximate surface area is 136 Å². The van der Waals surface area contributed by atoms with E-state index in [1.54, 1.807) is 7.11 Å². The zero-order valence-electron chi connectivity index (χ0n) is 12.9. The number of thioether (sulfide) groups is 1. The van der Waals surface area contributed by atoms with Crippen molar-refractivity contribution in [2.45, 2.75) is 24.3 Å². The van der Waals surface area contributed by atoms with Gasteiger partial charge in [0.2, 0.25) is 5.91 Å². The standard InChI is InChI=1S/C18H21NO2S/c1-3-17(14-7-5-4-6-8-14)19-18(20)13-22-16-11-9-15(21-2)10-12-16/h4-12,17H,3,13H2,1-2H3,(H,19,20)/t17-/m1/s1. The molecule has 2 aromatic rings. The molecule has 4 heteroatoms. The maximum atomic E-state index is 12.1. The number of benzene rings is 2. The average Bonchev–Trinajstić information content (AvgIpc) is 2.59. The maximum absolute atomic E-state index is 12.1. The SMILES string of the molecule is CC[C@@H](NC(=O)CSc1ccc(OC)cc1)c1ccccc1. The van der Waals surface area contributed by atoms with E-state index in [0.717, 1.165) is 22.6 Å². The Morgan fingerprint density at radius 1 is 1.14 bits per heavy atom. The molecule has 0 unspecified atom stereocenters. The summed E-state index contributed by atoms with van der Waals surface area (Å²) in [6.07, 6.45) is 0.878. The minimum absolute atomic E-state index is 0.0523. The van der Waals surface area contributed by atoms with Crippen molar-refractivity contribution in [3.05, 3.63) is 60.2 Å². The highest BCUT2D eigenvalue weighted by Crippen LogP contribution is 2.22. The van der Waals surface area contributed by atoms with E-state index in [1.165, 1.54) is 11.8 Å². The van der Waals surface area contributed by atoms with Crippen LogP contribution in [0.3, 0.4) is 0 Å². The lowest BCUT2D eigenvalue weighted by atomic mass is 10.0. The fraction of sp³-hybridized carbons (Fsp3) is 0.278. The zero-order chi connectivity index (χ0) is 15.8. The first kappa shape index (κ1) is 16.4. The molecule has 0 heterocycles. The minimum atomic E-state index is 0.0523. The third-order valence-electron chi connectivity index (χ3n) is 3.37. The second-order valence-electron chi connectivity index (χ2n) is 4.90. The number of rotatable bonds is 7. The Balaban J connectivity index is 1.86. The van der Waals surface area contributed by atoms with Crippen LogP contribution < -0.4 is 10.1 Å². The summed E-state index contributed by atoms with van der Waals surface area (Å²) in [5, 5.41) is 3.09. The van der Waals surface area contributed by atoms with Gasteiger partial charge in [-0.2, -0.15) is 0 Å². The van der Waals surface area contributed by atoms with E-state index in [9.17, 15) is 4.79 Å². The highest BCUT2D eigenvalue weighted by atomic mass is 32.2. The van der Waals surface area contributed by atoms with Crippen LogP contribution in [-0.4, -0.2) is 18.8 Å². The summed E-state index contributed by atoms with van der Waals surface area (Å²) in [6, 6.07) is 17.9. The van der Waals surface area contributed by atoms with Gasteiger partial charge in [-0.1, -0.05) is 37.3 Å². The number of methoxy groups -OCH3 is 1. The number of nitrogens with one attached hydrogen (secondary N) is 1. The third kappa shape index (κ3) is 4.81. The number of carbonyl (C=O) groups excluding carboxylic acids is 1. The van der Waals surface area contributed by atoms with Crippen LogP contribution in [0, 0.1) is 0 Å². The Morgan fingerprint density at radius 3 is 2.41 bits per heavy atom. The third-order valence-corrected chi connectivity index (χ3v) is 4.39. The normalized spacial score (nSPS) is 11.7. The summed E-state index contributed by atoms with van der Waals surface area (Å²) in [4.78, 5) is 13.2. The second-order valence-corrected chi connectivity index (χ2v) is 5.95. The average molecular weight is 315 g/mol. The summed E-state index contributed by atoms with van der Waals surface area (Å²) in [5.41, 5.74) is 1.15. The molecule has 116 valence electrons. The second kappa shape index (κ2) is 8.49. The predicted octanol–water partition coefficient (Wildman–Crippen LogP) is 4.05. The van der Waals surface area contributed by atoms with Crippen LogP contribution in [0.5, 0.6) is 5.75 Å². The van der Waals surface area contributed by atoms with Gasteiger partial charge in [-0.3, -0.25) is 4.79 Å². The molecule has 0 aliphatic carbocycles. The van der Waals surface area contributed by atoms with Gasteiger partial charge in [-0.15, -0.1) is 11.8 Å². The van der Waals surface area contributed by atoms with Crippen LogP contribution in [0.1, 0.15) is 24.9 Å². The fourth-order valence-corrected chi connectivity index (χ4v) is 2.87. The lowest BCUT2D eigenvalue weighted by Crippen LogP contribution is -2.29. The van der Waals surface area contributed by atoms with Crippen molar-refractivity contribution in [2.75, 3.05) is 12.9 Å². The van der Waals surface area contributed by atoms with Crippen LogP contribution in [-0.2, 0) is 4.79 Å². The molecule has 0 saturated heterocycles. The molecule has 3 nitrogen and oxygen atoms in total. The van der Waals surface area contributed by atoms with E-state index in [0.29, 0.717) is 5.75 Å². The van der Waals surface area contributed by atoms with Gasteiger partial charge in [0.15, 0.2) is 0 Å². The highest BCUT2D eigenvalue weighted by molar-refractivity contribution is 8.00. The number of ether oxygens (including phenoxy) is 1. The lowest BCUT2D eigenvalue weighted by molar-refractivity contribution is -0.119. The van der Waals surface area contributed by atoms with Crippen molar-refractivity contribution in [1.29, 1.82) is 0 Å².